The summed E-state index contributed by atoms with van der Waals surface area (Å²) in [6.07, 6.45) is 6.39. The van der Waals surface area contributed by atoms with Crippen molar-refractivity contribution in [2.75, 3.05) is 33.2 Å². The average molecular weight is 400 g/mol. The number of halogens is 1. The molecule has 0 radical (unpaired) electrons. The van der Waals surface area contributed by atoms with Crippen LogP contribution in [-0.2, 0) is 4.79 Å². The van der Waals surface area contributed by atoms with E-state index in [1.165, 1.54) is 11.8 Å². The van der Waals surface area contributed by atoms with Crippen molar-refractivity contribution < 1.29 is 4.79 Å². The molecule has 28 heavy (non-hydrogen) atoms. The lowest BCUT2D eigenvalue weighted by molar-refractivity contribution is -0.116. The number of hydrogen-bond donors (Lipinski definition) is 0. The molecule has 0 amide bonds. The number of rotatable bonds is 4. The van der Waals surface area contributed by atoms with E-state index in [0.717, 1.165) is 56.3 Å². The predicted molar refractivity (Wildman–Crippen MR) is 115 cm³/mol. The minimum atomic E-state index is 0.0376. The molecular weight excluding hydrogens is 370 g/mol. The third-order valence-electron chi connectivity index (χ3n) is 6.69. The van der Waals surface area contributed by atoms with Gasteiger partial charge in [-0.2, -0.15) is 0 Å². The molecule has 2 fully saturated rings. The molecule has 4 rings (SSSR count). The van der Waals surface area contributed by atoms with Crippen LogP contribution in [0.3, 0.4) is 0 Å². The second kappa shape index (κ2) is 8.48. The Bertz CT molecular complexity index is 834. The molecule has 4 nitrogen and oxygen atoms in total. The van der Waals surface area contributed by atoms with E-state index in [9.17, 15) is 4.79 Å². The Labute approximate surface area is 172 Å². The van der Waals surface area contributed by atoms with E-state index in [4.69, 9.17) is 11.6 Å². The summed E-state index contributed by atoms with van der Waals surface area (Å²) < 4.78 is 0. The van der Waals surface area contributed by atoms with Crippen molar-refractivity contribution in [2.45, 2.75) is 38.1 Å². The molecule has 1 aromatic heterocycles. The van der Waals surface area contributed by atoms with E-state index in [1.807, 2.05) is 12.1 Å². The van der Waals surface area contributed by atoms with Crippen LogP contribution in [0.4, 0.5) is 0 Å². The number of hydrogen-bond acceptors (Lipinski definition) is 4. The summed E-state index contributed by atoms with van der Waals surface area (Å²) in [6.45, 7) is 6.44. The van der Waals surface area contributed by atoms with Gasteiger partial charge in [0.25, 0.3) is 0 Å². The fourth-order valence-corrected chi connectivity index (χ4v) is 5.46. The molecule has 0 spiro atoms. The number of nitrogens with zero attached hydrogens (tertiary/aromatic N) is 3. The van der Waals surface area contributed by atoms with Crippen molar-refractivity contribution in [2.24, 2.45) is 11.8 Å². The third-order valence-corrected chi connectivity index (χ3v) is 6.99. The summed E-state index contributed by atoms with van der Waals surface area (Å²) in [4.78, 5) is 21.4. The molecule has 5 heteroatoms. The van der Waals surface area contributed by atoms with Crippen molar-refractivity contribution in [1.82, 2.24) is 14.8 Å². The van der Waals surface area contributed by atoms with Gasteiger partial charge in [0.15, 0.2) is 0 Å². The number of aromatic nitrogens is 1. The van der Waals surface area contributed by atoms with Crippen LogP contribution in [0, 0.1) is 11.8 Å². The van der Waals surface area contributed by atoms with Gasteiger partial charge in [-0.05, 0) is 74.8 Å². The molecule has 0 N–H and O–H groups in total. The van der Waals surface area contributed by atoms with Gasteiger partial charge in [-0.15, -0.1) is 0 Å². The number of carbonyl (C=O) groups is 1. The Balaban J connectivity index is 1.60. The second-order valence-corrected chi connectivity index (χ2v) is 9.20. The molecule has 2 aromatic rings. The van der Waals surface area contributed by atoms with E-state index in [0.29, 0.717) is 22.8 Å². The van der Waals surface area contributed by atoms with Gasteiger partial charge in [0.1, 0.15) is 6.29 Å². The fraction of sp³-hybridized carbons (Fsp3) is 0.565. The summed E-state index contributed by atoms with van der Waals surface area (Å²) in [5.41, 5.74) is 2.20. The standard InChI is InChI=1S/C23H30ClN3O/c1-16-12-18(19-5-6-21(24)23-20(19)4-3-9-25-23)14-27(13-16)22(15-28)17-7-10-26(2)11-8-17/h3-6,9,15-18,22H,7-8,10-14H2,1-2H3. The van der Waals surface area contributed by atoms with Gasteiger partial charge in [-0.1, -0.05) is 30.7 Å². The monoisotopic (exact) mass is 399 g/mol. The van der Waals surface area contributed by atoms with Gasteiger partial charge in [-0.3, -0.25) is 9.88 Å². The number of piperidine rings is 2. The van der Waals surface area contributed by atoms with Crippen LogP contribution >= 0.6 is 11.6 Å². The molecule has 2 aliphatic rings. The van der Waals surface area contributed by atoms with Gasteiger partial charge in [0.2, 0.25) is 0 Å². The molecule has 2 saturated heterocycles. The largest absolute Gasteiger partial charge is 0.306 e. The average Bonchev–Trinajstić information content (AvgIpc) is 2.70. The molecule has 3 heterocycles. The number of fused-ring (bicyclic) bond motifs is 1. The maximum absolute atomic E-state index is 12.1. The Hall–Kier alpha value is -1.49. The predicted octanol–water partition coefficient (Wildman–Crippen LogP) is 4.22. The van der Waals surface area contributed by atoms with Crippen LogP contribution in [0.15, 0.2) is 30.5 Å². The molecule has 3 atom stereocenters. The van der Waals surface area contributed by atoms with Gasteiger partial charge >= 0.3 is 0 Å². The van der Waals surface area contributed by atoms with E-state index >= 15 is 0 Å². The summed E-state index contributed by atoms with van der Waals surface area (Å²) in [5.74, 6) is 1.44. The lowest BCUT2D eigenvalue weighted by Gasteiger charge is -2.43. The van der Waals surface area contributed by atoms with Crippen LogP contribution in [0.2, 0.25) is 5.02 Å². The van der Waals surface area contributed by atoms with Crippen molar-refractivity contribution in [1.29, 1.82) is 0 Å². The first-order chi connectivity index (χ1) is 13.6. The first kappa shape index (κ1) is 19.8. The minimum Gasteiger partial charge on any atom is -0.306 e. The summed E-state index contributed by atoms with van der Waals surface area (Å²) >= 11 is 6.39. The maximum atomic E-state index is 12.1. The summed E-state index contributed by atoms with van der Waals surface area (Å²) in [5, 5.41) is 1.85. The molecule has 0 aliphatic carbocycles. The molecular formula is C23H30ClN3O. The van der Waals surface area contributed by atoms with Crippen molar-refractivity contribution >= 4 is 28.8 Å². The van der Waals surface area contributed by atoms with Crippen molar-refractivity contribution in [3.05, 3.63) is 41.0 Å². The zero-order valence-corrected chi connectivity index (χ0v) is 17.6. The zero-order chi connectivity index (χ0) is 19.7. The van der Waals surface area contributed by atoms with E-state index in [2.05, 4.69) is 40.9 Å². The van der Waals surface area contributed by atoms with Gasteiger partial charge in [-0.25, -0.2) is 0 Å². The Morgan fingerprint density at radius 3 is 2.75 bits per heavy atom. The molecule has 150 valence electrons. The minimum absolute atomic E-state index is 0.0376. The van der Waals surface area contributed by atoms with Crippen molar-refractivity contribution in [3.63, 3.8) is 0 Å². The number of carbonyl (C=O) groups excluding carboxylic acids is 1. The Morgan fingerprint density at radius 2 is 2.00 bits per heavy atom. The zero-order valence-electron chi connectivity index (χ0n) is 16.9. The fourth-order valence-electron chi connectivity index (χ4n) is 5.24. The highest BCUT2D eigenvalue weighted by atomic mass is 35.5. The Morgan fingerprint density at radius 1 is 1.21 bits per heavy atom. The number of aldehydes is 1. The molecule has 3 unspecified atom stereocenters. The third kappa shape index (κ3) is 3.96. The topological polar surface area (TPSA) is 36.4 Å². The lowest BCUT2D eigenvalue weighted by Crippen LogP contribution is -2.51. The first-order valence-corrected chi connectivity index (χ1v) is 10.9. The second-order valence-electron chi connectivity index (χ2n) is 8.80. The van der Waals surface area contributed by atoms with E-state index < -0.39 is 0 Å². The van der Waals surface area contributed by atoms with Gasteiger partial charge in [0.05, 0.1) is 16.6 Å². The number of benzene rings is 1. The highest BCUT2D eigenvalue weighted by Gasteiger charge is 2.35. The van der Waals surface area contributed by atoms with Crippen molar-refractivity contribution in [3.8, 4) is 0 Å². The number of likely N-dealkylation sites (tertiary alicyclic amines) is 2. The van der Waals surface area contributed by atoms with E-state index in [1.54, 1.807) is 6.20 Å². The Kier molecular flexibility index (Phi) is 6.00. The van der Waals surface area contributed by atoms with E-state index in [-0.39, 0.29) is 6.04 Å². The van der Waals surface area contributed by atoms with Crippen LogP contribution in [0.1, 0.15) is 37.7 Å². The van der Waals surface area contributed by atoms with Crippen LogP contribution < -0.4 is 0 Å². The SMILES string of the molecule is CC1CC(c2ccc(Cl)c3ncccc23)CN(C(C=O)C2CCN(C)CC2)C1. The maximum Gasteiger partial charge on any atom is 0.137 e. The van der Waals surface area contributed by atoms with Crippen LogP contribution in [-0.4, -0.2) is 60.3 Å². The normalized spacial score (nSPS) is 26.4. The molecule has 0 saturated carbocycles. The smallest absolute Gasteiger partial charge is 0.137 e. The molecule has 1 aromatic carbocycles. The van der Waals surface area contributed by atoms with Gasteiger partial charge < -0.3 is 9.69 Å². The summed E-state index contributed by atoms with van der Waals surface area (Å²) in [6, 6.07) is 8.29. The number of pyridine rings is 1. The molecule has 0 bridgehead atoms. The highest BCUT2D eigenvalue weighted by Crippen LogP contribution is 2.37. The molecule has 2 aliphatic heterocycles. The van der Waals surface area contributed by atoms with Gasteiger partial charge in [0, 0.05) is 24.7 Å². The quantitative estimate of drug-likeness (QED) is 0.721. The van der Waals surface area contributed by atoms with Crippen LogP contribution in [0.5, 0.6) is 0 Å². The lowest BCUT2D eigenvalue weighted by atomic mass is 9.81. The highest BCUT2D eigenvalue weighted by molar-refractivity contribution is 6.35. The summed E-state index contributed by atoms with van der Waals surface area (Å²) in [7, 11) is 2.17. The van der Waals surface area contributed by atoms with Crippen LogP contribution in [0.25, 0.3) is 10.9 Å². The first-order valence-electron chi connectivity index (χ1n) is 10.5.